The normalized spacial score (nSPS) is 15.7. The Bertz CT molecular complexity index is 369. The first-order valence-corrected chi connectivity index (χ1v) is 5.55. The fourth-order valence-corrected chi connectivity index (χ4v) is 2.20. The van der Waals surface area contributed by atoms with Gasteiger partial charge in [-0.1, -0.05) is 23.2 Å². The van der Waals surface area contributed by atoms with Gasteiger partial charge in [-0.2, -0.15) is 0 Å². The summed E-state index contributed by atoms with van der Waals surface area (Å²) in [5, 5.41) is 0.548. The molecule has 0 unspecified atom stereocenters. The molecule has 0 radical (unpaired) electrons. The van der Waals surface area contributed by atoms with Crippen molar-refractivity contribution in [2.75, 3.05) is 13.1 Å². The molecule has 3 nitrogen and oxygen atoms in total. The first-order chi connectivity index (χ1) is 7.20. The maximum atomic E-state index is 12.0. The highest BCUT2D eigenvalue weighted by Gasteiger charge is 2.24. The van der Waals surface area contributed by atoms with Crippen molar-refractivity contribution in [3.63, 3.8) is 0 Å². The number of pyridine rings is 1. The molecule has 1 aromatic rings. The second-order valence-electron chi connectivity index (χ2n) is 3.46. The molecule has 5 heteroatoms. The zero-order valence-corrected chi connectivity index (χ0v) is 9.55. The van der Waals surface area contributed by atoms with Crippen LogP contribution in [0.2, 0.25) is 10.2 Å². The summed E-state index contributed by atoms with van der Waals surface area (Å²) in [5.41, 5.74) is 0.322. The van der Waals surface area contributed by atoms with E-state index in [1.165, 1.54) is 6.20 Å². The van der Waals surface area contributed by atoms with Crippen molar-refractivity contribution >= 4 is 29.1 Å². The lowest BCUT2D eigenvalue weighted by Crippen LogP contribution is -2.28. The van der Waals surface area contributed by atoms with E-state index >= 15 is 0 Å². The second kappa shape index (κ2) is 4.37. The van der Waals surface area contributed by atoms with E-state index in [2.05, 4.69) is 4.98 Å². The summed E-state index contributed by atoms with van der Waals surface area (Å²) in [4.78, 5) is 17.6. The number of aromatic nitrogens is 1. The van der Waals surface area contributed by atoms with Gasteiger partial charge in [-0.15, -0.1) is 0 Å². The van der Waals surface area contributed by atoms with Gasteiger partial charge >= 0.3 is 0 Å². The minimum atomic E-state index is -0.115. The average Bonchev–Trinajstić information content (AvgIpc) is 2.69. The number of carbonyl (C=O) groups excluding carboxylic acids is 1. The molecule has 0 aromatic carbocycles. The van der Waals surface area contributed by atoms with Crippen molar-refractivity contribution in [3.8, 4) is 0 Å². The van der Waals surface area contributed by atoms with Gasteiger partial charge in [0.05, 0.1) is 10.6 Å². The minimum Gasteiger partial charge on any atom is -0.339 e. The van der Waals surface area contributed by atoms with Gasteiger partial charge < -0.3 is 4.90 Å². The minimum absolute atomic E-state index is 0.115. The highest BCUT2D eigenvalue weighted by Crippen LogP contribution is 2.25. The van der Waals surface area contributed by atoms with Crippen LogP contribution in [-0.2, 0) is 0 Å². The molecule has 0 atom stereocenters. The SMILES string of the molecule is O=C(c1c(Cl)ccnc1Cl)N1CCCC1. The lowest BCUT2D eigenvalue weighted by molar-refractivity contribution is 0.0793. The Labute approximate surface area is 98.0 Å². The van der Waals surface area contributed by atoms with E-state index in [0.29, 0.717) is 10.6 Å². The third-order valence-corrected chi connectivity index (χ3v) is 3.06. The van der Waals surface area contributed by atoms with E-state index in [-0.39, 0.29) is 11.1 Å². The Morgan fingerprint density at radius 2 is 2.00 bits per heavy atom. The van der Waals surface area contributed by atoms with Gasteiger partial charge in [0.2, 0.25) is 0 Å². The summed E-state index contributed by atoms with van der Waals surface area (Å²) >= 11 is 11.8. The monoisotopic (exact) mass is 244 g/mol. The number of likely N-dealkylation sites (tertiary alicyclic amines) is 1. The van der Waals surface area contributed by atoms with Crippen LogP contribution in [-0.4, -0.2) is 28.9 Å². The molecule has 0 bridgehead atoms. The maximum absolute atomic E-state index is 12.0. The Hall–Kier alpha value is -0.800. The van der Waals surface area contributed by atoms with Gasteiger partial charge in [-0.3, -0.25) is 4.79 Å². The van der Waals surface area contributed by atoms with E-state index in [1.54, 1.807) is 11.0 Å². The summed E-state index contributed by atoms with van der Waals surface area (Å²) in [5.74, 6) is -0.115. The molecule has 0 N–H and O–H groups in total. The molecular weight excluding hydrogens is 235 g/mol. The van der Waals surface area contributed by atoms with Gasteiger partial charge in [-0.25, -0.2) is 4.98 Å². The Morgan fingerprint density at radius 3 is 2.60 bits per heavy atom. The van der Waals surface area contributed by atoms with Crippen molar-refractivity contribution in [2.45, 2.75) is 12.8 Å². The van der Waals surface area contributed by atoms with E-state index in [4.69, 9.17) is 23.2 Å². The van der Waals surface area contributed by atoms with Crippen molar-refractivity contribution in [1.82, 2.24) is 9.88 Å². The lowest BCUT2D eigenvalue weighted by Gasteiger charge is -2.16. The highest BCUT2D eigenvalue weighted by atomic mass is 35.5. The van der Waals surface area contributed by atoms with Crippen molar-refractivity contribution < 1.29 is 4.79 Å². The predicted molar refractivity (Wildman–Crippen MR) is 59.4 cm³/mol. The zero-order valence-electron chi connectivity index (χ0n) is 8.04. The fourth-order valence-electron chi connectivity index (χ4n) is 1.68. The molecule has 1 aromatic heterocycles. The molecule has 0 saturated carbocycles. The van der Waals surface area contributed by atoms with Gasteiger partial charge in [-0.05, 0) is 18.9 Å². The number of amides is 1. The molecule has 1 saturated heterocycles. The van der Waals surface area contributed by atoms with Gasteiger partial charge in [0, 0.05) is 19.3 Å². The smallest absolute Gasteiger partial charge is 0.258 e. The standard InChI is InChI=1S/C10H10Cl2N2O/c11-7-3-4-13-9(12)8(7)10(15)14-5-1-2-6-14/h3-4H,1-2,5-6H2. The van der Waals surface area contributed by atoms with Crippen molar-refractivity contribution in [3.05, 3.63) is 28.0 Å². The summed E-state index contributed by atoms with van der Waals surface area (Å²) in [7, 11) is 0. The molecular formula is C10H10Cl2N2O. The van der Waals surface area contributed by atoms with Crippen LogP contribution in [0.3, 0.4) is 0 Å². The van der Waals surface area contributed by atoms with Crippen LogP contribution in [0.25, 0.3) is 0 Å². The van der Waals surface area contributed by atoms with Gasteiger partial charge in [0.25, 0.3) is 5.91 Å². The molecule has 80 valence electrons. The van der Waals surface area contributed by atoms with Crippen LogP contribution in [0.5, 0.6) is 0 Å². The first kappa shape index (κ1) is 10.7. The molecule has 1 fully saturated rings. The highest BCUT2D eigenvalue weighted by molar-refractivity contribution is 6.38. The first-order valence-electron chi connectivity index (χ1n) is 4.79. The zero-order chi connectivity index (χ0) is 10.8. The molecule has 1 amide bonds. The number of halogens is 2. The molecule has 1 aliphatic heterocycles. The quantitative estimate of drug-likeness (QED) is 0.712. The third kappa shape index (κ3) is 2.08. The summed E-state index contributed by atoms with van der Waals surface area (Å²) in [6.07, 6.45) is 3.58. The summed E-state index contributed by atoms with van der Waals surface area (Å²) < 4.78 is 0. The number of carbonyl (C=O) groups is 1. The fraction of sp³-hybridized carbons (Fsp3) is 0.400. The van der Waals surface area contributed by atoms with Crippen LogP contribution >= 0.6 is 23.2 Å². The number of hydrogen-bond acceptors (Lipinski definition) is 2. The number of hydrogen-bond donors (Lipinski definition) is 0. The molecule has 2 rings (SSSR count). The van der Waals surface area contributed by atoms with Crippen LogP contribution in [0.1, 0.15) is 23.2 Å². The molecule has 0 aliphatic carbocycles. The molecule has 15 heavy (non-hydrogen) atoms. The van der Waals surface area contributed by atoms with Crippen molar-refractivity contribution in [1.29, 1.82) is 0 Å². The summed E-state index contributed by atoms with van der Waals surface area (Å²) in [6, 6.07) is 1.58. The van der Waals surface area contributed by atoms with Crippen LogP contribution in [0.15, 0.2) is 12.3 Å². The van der Waals surface area contributed by atoms with E-state index in [0.717, 1.165) is 25.9 Å². The third-order valence-electron chi connectivity index (χ3n) is 2.46. The van der Waals surface area contributed by atoms with Gasteiger partial charge in [0.1, 0.15) is 5.15 Å². The Kier molecular flexibility index (Phi) is 3.12. The average molecular weight is 245 g/mol. The Balaban J connectivity index is 2.32. The second-order valence-corrected chi connectivity index (χ2v) is 4.22. The van der Waals surface area contributed by atoms with Crippen LogP contribution < -0.4 is 0 Å². The largest absolute Gasteiger partial charge is 0.339 e. The maximum Gasteiger partial charge on any atom is 0.258 e. The molecule has 0 spiro atoms. The number of rotatable bonds is 1. The van der Waals surface area contributed by atoms with Crippen molar-refractivity contribution in [2.24, 2.45) is 0 Å². The van der Waals surface area contributed by atoms with Crippen LogP contribution in [0, 0.1) is 0 Å². The lowest BCUT2D eigenvalue weighted by atomic mass is 10.2. The van der Waals surface area contributed by atoms with Crippen LogP contribution in [0.4, 0.5) is 0 Å². The van der Waals surface area contributed by atoms with E-state index in [1.807, 2.05) is 0 Å². The van der Waals surface area contributed by atoms with Gasteiger partial charge in [0.15, 0.2) is 0 Å². The van der Waals surface area contributed by atoms with E-state index in [9.17, 15) is 4.79 Å². The molecule has 1 aliphatic rings. The predicted octanol–water partition coefficient (Wildman–Crippen LogP) is 2.62. The van der Waals surface area contributed by atoms with E-state index < -0.39 is 0 Å². The Morgan fingerprint density at radius 1 is 1.33 bits per heavy atom. The summed E-state index contributed by atoms with van der Waals surface area (Å²) in [6.45, 7) is 1.56. The molecule has 2 heterocycles. The topological polar surface area (TPSA) is 33.2 Å². The number of nitrogens with zero attached hydrogens (tertiary/aromatic N) is 2.